The second-order valence-corrected chi connectivity index (χ2v) is 4.26. The number of ether oxygens (including phenoxy) is 2. The largest absolute Gasteiger partial charge is 0.485 e. The van der Waals surface area contributed by atoms with E-state index in [9.17, 15) is 4.79 Å². The Bertz CT molecular complexity index is 674. The number of nitrogens with zero attached hydrogens (tertiary/aromatic N) is 2. The van der Waals surface area contributed by atoms with Gasteiger partial charge in [-0.15, -0.1) is 0 Å². The van der Waals surface area contributed by atoms with Crippen molar-refractivity contribution in [2.75, 3.05) is 12.3 Å². The first-order valence-electron chi connectivity index (χ1n) is 5.96. The number of rotatable bonds is 2. The molecule has 1 amide bonds. The number of carbonyl (C=O) groups excluding carboxylic acids is 1. The number of carbonyl (C=O) groups is 1. The number of benzene rings is 1. The van der Waals surface area contributed by atoms with Crippen molar-refractivity contribution in [3.8, 4) is 11.5 Å². The maximum atomic E-state index is 11.1. The molecule has 0 bridgehead atoms. The smallest absolute Gasteiger partial charge is 0.254 e. The van der Waals surface area contributed by atoms with Gasteiger partial charge in [0.25, 0.3) is 5.91 Å². The van der Waals surface area contributed by atoms with Crippen LogP contribution in [0.25, 0.3) is 0 Å². The van der Waals surface area contributed by atoms with E-state index in [4.69, 9.17) is 20.9 Å². The van der Waals surface area contributed by atoms with Gasteiger partial charge in [-0.2, -0.15) is 0 Å². The normalized spacial score (nSPS) is 16.7. The molecule has 20 heavy (non-hydrogen) atoms. The fourth-order valence-electron chi connectivity index (χ4n) is 1.90. The van der Waals surface area contributed by atoms with Crippen LogP contribution in [0.15, 0.2) is 30.5 Å². The number of aromatic nitrogens is 2. The van der Waals surface area contributed by atoms with Gasteiger partial charge in [-0.1, -0.05) is 12.1 Å². The SMILES string of the molecule is NC(=O)c1cnc(C2COc3ccccc3O2)nc1N. The van der Waals surface area contributed by atoms with E-state index < -0.39 is 12.0 Å². The Morgan fingerprint density at radius 1 is 1.30 bits per heavy atom. The van der Waals surface area contributed by atoms with E-state index >= 15 is 0 Å². The lowest BCUT2D eigenvalue weighted by Crippen LogP contribution is -2.25. The van der Waals surface area contributed by atoms with Gasteiger partial charge in [-0.05, 0) is 12.1 Å². The van der Waals surface area contributed by atoms with Crippen molar-refractivity contribution in [3.63, 3.8) is 0 Å². The topological polar surface area (TPSA) is 113 Å². The van der Waals surface area contributed by atoms with Crippen molar-refractivity contribution in [1.29, 1.82) is 0 Å². The van der Waals surface area contributed by atoms with Crippen molar-refractivity contribution in [1.82, 2.24) is 9.97 Å². The molecule has 7 heteroatoms. The molecule has 4 N–H and O–H groups in total. The minimum Gasteiger partial charge on any atom is -0.485 e. The van der Waals surface area contributed by atoms with E-state index in [1.165, 1.54) is 6.20 Å². The second-order valence-electron chi connectivity index (χ2n) is 4.26. The van der Waals surface area contributed by atoms with E-state index in [1.54, 1.807) is 6.07 Å². The van der Waals surface area contributed by atoms with E-state index in [1.807, 2.05) is 18.2 Å². The quantitative estimate of drug-likeness (QED) is 0.830. The second kappa shape index (κ2) is 4.69. The number of fused-ring (bicyclic) bond motifs is 1. The van der Waals surface area contributed by atoms with Gasteiger partial charge in [-0.3, -0.25) is 4.79 Å². The minimum atomic E-state index is -0.666. The molecule has 102 valence electrons. The summed E-state index contributed by atoms with van der Waals surface area (Å²) in [4.78, 5) is 19.2. The average Bonchev–Trinajstić information content (AvgIpc) is 2.46. The first-order valence-corrected chi connectivity index (χ1v) is 5.96. The van der Waals surface area contributed by atoms with Gasteiger partial charge in [0.05, 0.1) is 5.56 Å². The predicted octanol–water partition coefficient (Wildman–Crippen LogP) is 0.670. The Morgan fingerprint density at radius 3 is 2.75 bits per heavy atom. The lowest BCUT2D eigenvalue weighted by Gasteiger charge is -2.25. The highest BCUT2D eigenvalue weighted by molar-refractivity contribution is 5.96. The van der Waals surface area contributed by atoms with Crippen LogP contribution in [0.2, 0.25) is 0 Å². The van der Waals surface area contributed by atoms with Gasteiger partial charge >= 0.3 is 0 Å². The summed E-state index contributed by atoms with van der Waals surface area (Å²) in [6.07, 6.45) is 0.818. The number of anilines is 1. The molecule has 0 spiro atoms. The molecule has 1 aromatic carbocycles. The molecule has 0 radical (unpaired) electrons. The molecule has 7 nitrogen and oxygen atoms in total. The Hall–Kier alpha value is -2.83. The van der Waals surface area contributed by atoms with Crippen LogP contribution in [0.5, 0.6) is 11.5 Å². The zero-order chi connectivity index (χ0) is 14.1. The standard InChI is InChI=1S/C13H12N4O3/c14-11-7(12(15)18)5-16-13(17-11)10-6-19-8-3-1-2-4-9(8)20-10/h1-5,10H,6H2,(H2,15,18)(H2,14,16,17). The maximum absolute atomic E-state index is 11.1. The minimum absolute atomic E-state index is 0.0324. The highest BCUT2D eigenvalue weighted by Gasteiger charge is 2.25. The van der Waals surface area contributed by atoms with Crippen molar-refractivity contribution < 1.29 is 14.3 Å². The molecule has 0 saturated carbocycles. The van der Waals surface area contributed by atoms with Crippen LogP contribution in [0, 0.1) is 0 Å². The third kappa shape index (κ3) is 2.09. The zero-order valence-corrected chi connectivity index (χ0v) is 10.4. The summed E-state index contributed by atoms with van der Waals surface area (Å²) >= 11 is 0. The first-order chi connectivity index (χ1) is 9.65. The number of amides is 1. The number of nitrogen functional groups attached to an aromatic ring is 1. The monoisotopic (exact) mass is 272 g/mol. The molecule has 0 saturated heterocycles. The van der Waals surface area contributed by atoms with Crippen molar-refractivity contribution >= 4 is 11.7 Å². The van der Waals surface area contributed by atoms with Crippen molar-refractivity contribution in [3.05, 3.63) is 41.9 Å². The van der Waals surface area contributed by atoms with Gasteiger partial charge < -0.3 is 20.9 Å². The summed E-state index contributed by atoms with van der Waals surface area (Å²) in [7, 11) is 0. The van der Waals surface area contributed by atoms with Crippen LogP contribution in [0.4, 0.5) is 5.82 Å². The molecular weight excluding hydrogens is 260 g/mol. The molecule has 0 aliphatic carbocycles. The number of nitrogens with two attached hydrogens (primary N) is 2. The van der Waals surface area contributed by atoms with E-state index in [0.29, 0.717) is 17.3 Å². The van der Waals surface area contributed by atoms with Crippen LogP contribution < -0.4 is 20.9 Å². The third-order valence-electron chi connectivity index (χ3n) is 2.90. The molecule has 1 atom stereocenters. The van der Waals surface area contributed by atoms with Crippen LogP contribution >= 0.6 is 0 Å². The molecule has 1 unspecified atom stereocenters. The summed E-state index contributed by atoms with van der Waals surface area (Å²) in [5, 5.41) is 0. The molecule has 1 aliphatic heterocycles. The zero-order valence-electron chi connectivity index (χ0n) is 10.4. The predicted molar refractivity (Wildman–Crippen MR) is 70.3 cm³/mol. The molecular formula is C13H12N4O3. The molecule has 2 aromatic rings. The number of hydrogen-bond acceptors (Lipinski definition) is 6. The van der Waals surface area contributed by atoms with E-state index in [-0.39, 0.29) is 18.0 Å². The fraction of sp³-hybridized carbons (Fsp3) is 0.154. The van der Waals surface area contributed by atoms with Gasteiger partial charge in [0.1, 0.15) is 12.4 Å². The summed E-state index contributed by atoms with van der Waals surface area (Å²) in [5.74, 6) is 1.00. The van der Waals surface area contributed by atoms with Crippen LogP contribution in [-0.2, 0) is 0 Å². The summed E-state index contributed by atoms with van der Waals surface area (Å²) in [5.41, 5.74) is 10.9. The Kier molecular flexibility index (Phi) is 2.86. The third-order valence-corrected chi connectivity index (χ3v) is 2.90. The van der Waals surface area contributed by atoms with E-state index in [0.717, 1.165) is 0 Å². The summed E-state index contributed by atoms with van der Waals surface area (Å²) in [6, 6.07) is 7.31. The maximum Gasteiger partial charge on any atom is 0.254 e. The van der Waals surface area contributed by atoms with Crippen LogP contribution in [0.3, 0.4) is 0 Å². The van der Waals surface area contributed by atoms with Gasteiger partial charge in [0.15, 0.2) is 23.4 Å². The van der Waals surface area contributed by atoms with Crippen molar-refractivity contribution in [2.24, 2.45) is 5.73 Å². The number of hydrogen-bond donors (Lipinski definition) is 2. The summed E-state index contributed by atoms with van der Waals surface area (Å²) < 4.78 is 11.3. The Morgan fingerprint density at radius 2 is 2.05 bits per heavy atom. The fourth-order valence-corrected chi connectivity index (χ4v) is 1.90. The van der Waals surface area contributed by atoms with E-state index in [2.05, 4.69) is 9.97 Å². The Balaban J connectivity index is 1.88. The molecule has 2 heterocycles. The molecule has 1 aliphatic rings. The molecule has 0 fully saturated rings. The molecule has 1 aromatic heterocycles. The lowest BCUT2D eigenvalue weighted by atomic mass is 10.2. The van der Waals surface area contributed by atoms with Gasteiger partial charge in [-0.25, -0.2) is 9.97 Å². The molecule has 3 rings (SSSR count). The van der Waals surface area contributed by atoms with Crippen molar-refractivity contribution in [2.45, 2.75) is 6.10 Å². The average molecular weight is 272 g/mol. The highest BCUT2D eigenvalue weighted by Crippen LogP contribution is 2.35. The number of primary amides is 1. The summed E-state index contributed by atoms with van der Waals surface area (Å²) in [6.45, 7) is 0.270. The van der Waals surface area contributed by atoms with Crippen LogP contribution in [0.1, 0.15) is 22.3 Å². The van der Waals surface area contributed by atoms with Gasteiger partial charge in [0.2, 0.25) is 0 Å². The first kappa shape index (κ1) is 12.2. The lowest BCUT2D eigenvalue weighted by molar-refractivity contribution is 0.0850. The van der Waals surface area contributed by atoms with Crippen LogP contribution in [-0.4, -0.2) is 22.5 Å². The highest BCUT2D eigenvalue weighted by atomic mass is 16.6. The number of para-hydroxylation sites is 2. The Labute approximate surface area is 114 Å². The van der Waals surface area contributed by atoms with Gasteiger partial charge in [0, 0.05) is 6.20 Å².